The monoisotopic (exact) mass is 732 g/mol. The van der Waals surface area contributed by atoms with Crippen LogP contribution in [-0.2, 0) is 20.4 Å². The molecule has 2 aliphatic heterocycles. The first-order valence-electron chi connectivity index (χ1n) is 19.3. The summed E-state index contributed by atoms with van der Waals surface area (Å²) in [6.45, 7) is 21.4. The number of anilines is 1. The first-order valence-corrected chi connectivity index (χ1v) is 19.3. The lowest BCUT2D eigenvalue weighted by Gasteiger charge is -2.26. The summed E-state index contributed by atoms with van der Waals surface area (Å²) in [6, 6.07) is 21.1. The quantitative estimate of drug-likeness (QED) is 0.0743. The highest BCUT2D eigenvalue weighted by Gasteiger charge is 2.44. The van der Waals surface area contributed by atoms with E-state index in [0.29, 0.717) is 18.5 Å². The molecule has 0 fully saturated rings. The Bertz CT molecular complexity index is 1950. The van der Waals surface area contributed by atoms with E-state index in [1.807, 2.05) is 12.1 Å². The Hall–Kier alpha value is -5.02. The molecule has 2 aliphatic rings. The predicted octanol–water partition coefficient (Wildman–Crippen LogP) is 9.18. The number of fused-ring (bicyclic) bond motifs is 2. The molecule has 2 aromatic carbocycles. The second kappa shape index (κ2) is 17.0. The fourth-order valence-corrected chi connectivity index (χ4v) is 7.33. The zero-order chi connectivity index (χ0) is 39.1. The van der Waals surface area contributed by atoms with Gasteiger partial charge in [-0.1, -0.05) is 70.2 Å². The third-order valence-electron chi connectivity index (χ3n) is 9.92. The summed E-state index contributed by atoms with van der Waals surface area (Å²) in [5.41, 5.74) is 11.1. The van der Waals surface area contributed by atoms with Gasteiger partial charge in [0.25, 0.3) is 5.91 Å². The smallest absolute Gasteiger partial charge is 0.431 e. The van der Waals surface area contributed by atoms with E-state index in [0.717, 1.165) is 37.2 Å². The molecule has 0 spiro atoms. The summed E-state index contributed by atoms with van der Waals surface area (Å²) < 4.78 is 7.60. The summed E-state index contributed by atoms with van der Waals surface area (Å²) in [7, 11) is 0. The van der Waals surface area contributed by atoms with Crippen molar-refractivity contribution < 1.29 is 23.7 Å². The first kappa shape index (κ1) is 40.2. The second-order valence-electron chi connectivity index (χ2n) is 16.0. The number of ether oxygens (including phenoxy) is 1. The maximum Gasteiger partial charge on any atom is 0.431 e. The molecule has 286 valence electrons. The first-order chi connectivity index (χ1) is 25.7. The minimum Gasteiger partial charge on any atom is -0.442 e. The summed E-state index contributed by atoms with van der Waals surface area (Å²) in [4.78, 5) is 37.3. The van der Waals surface area contributed by atoms with Gasteiger partial charge in [0.05, 0.1) is 23.3 Å². The number of pyridine rings is 1. The van der Waals surface area contributed by atoms with Crippen LogP contribution in [0.3, 0.4) is 0 Å². The van der Waals surface area contributed by atoms with Crippen molar-refractivity contribution in [2.24, 2.45) is 0 Å². The average Bonchev–Trinajstić information content (AvgIpc) is 3.47. The Morgan fingerprint density at radius 3 is 2.33 bits per heavy atom. The molecule has 0 saturated heterocycles. The van der Waals surface area contributed by atoms with Crippen molar-refractivity contribution >= 4 is 34.7 Å². The highest BCUT2D eigenvalue weighted by Crippen LogP contribution is 2.47. The van der Waals surface area contributed by atoms with Gasteiger partial charge in [0.15, 0.2) is 5.71 Å². The topological polar surface area (TPSA) is 95.8 Å². The predicted molar refractivity (Wildman–Crippen MR) is 218 cm³/mol. The molecule has 0 saturated carbocycles. The third kappa shape index (κ3) is 9.01. The molecule has 0 bridgehead atoms. The number of hydrogen-bond donors (Lipinski definition) is 2. The van der Waals surface area contributed by atoms with Gasteiger partial charge < -0.3 is 15.0 Å². The van der Waals surface area contributed by atoms with Gasteiger partial charge in [0.2, 0.25) is 5.69 Å². The molecule has 3 aromatic rings. The van der Waals surface area contributed by atoms with Crippen LogP contribution in [0.2, 0.25) is 0 Å². The fourth-order valence-electron chi connectivity index (χ4n) is 7.33. The van der Waals surface area contributed by atoms with Crippen molar-refractivity contribution in [2.75, 3.05) is 31.1 Å². The highest BCUT2D eigenvalue weighted by atomic mass is 16.7. The van der Waals surface area contributed by atoms with Gasteiger partial charge in [-0.25, -0.2) is 4.79 Å². The summed E-state index contributed by atoms with van der Waals surface area (Å²) in [5, 5.41) is 2.91. The molecule has 0 aliphatic carbocycles. The lowest BCUT2D eigenvalue weighted by Crippen LogP contribution is -2.33. The van der Waals surface area contributed by atoms with Gasteiger partial charge in [0.1, 0.15) is 12.1 Å². The Balaban J connectivity index is 1.41. The number of hydrogen-bond acceptors (Lipinski definition) is 6. The number of amides is 2. The lowest BCUT2D eigenvalue weighted by molar-refractivity contribution is -0.437. The molecule has 2 amide bonds. The molecule has 0 unspecified atom stereocenters. The number of nitrogens with one attached hydrogen (secondary N) is 2. The molecular formula is C45H58N5O4+. The van der Waals surface area contributed by atoms with Gasteiger partial charge in [-0.15, -0.1) is 0 Å². The van der Waals surface area contributed by atoms with Crippen LogP contribution >= 0.6 is 0 Å². The Morgan fingerprint density at radius 1 is 0.926 bits per heavy atom. The van der Waals surface area contributed by atoms with E-state index in [1.54, 1.807) is 27.0 Å². The summed E-state index contributed by atoms with van der Waals surface area (Å²) >= 11 is 0. The number of para-hydroxylation sites is 2. The second-order valence-corrected chi connectivity index (χ2v) is 16.0. The van der Waals surface area contributed by atoms with Crippen LogP contribution < -0.4 is 15.7 Å². The number of benzene rings is 2. The number of rotatable bonds is 14. The normalized spacial score (nSPS) is 16.9. The minimum absolute atomic E-state index is 0.176. The molecule has 3 heterocycles. The number of carbonyl (C=O) groups is 2. The zero-order valence-corrected chi connectivity index (χ0v) is 33.6. The van der Waals surface area contributed by atoms with E-state index in [4.69, 9.17) is 14.6 Å². The van der Waals surface area contributed by atoms with E-state index < -0.39 is 11.7 Å². The Morgan fingerprint density at radius 2 is 1.65 bits per heavy atom. The van der Waals surface area contributed by atoms with E-state index >= 15 is 0 Å². The van der Waals surface area contributed by atoms with E-state index in [1.165, 1.54) is 33.9 Å². The molecular weight excluding hydrogens is 675 g/mol. The van der Waals surface area contributed by atoms with Crippen LogP contribution in [0.4, 0.5) is 16.2 Å². The SMILES string of the molecule is CCCN1C(=C/C=C(/C=C/C2=[N+](CCC)c3ccccc3C2(C)C)c2ccc(C(=O)NCCCONC(=O)OC(C)(C)C)cn2)C(C)(C)c2ccccc21. The standard InChI is InChI=1S/C45H57N5O4/c1-10-28-49-37-19-14-12-17-34(37)44(6,7)39(49)25-22-32(23-26-40-45(8,9)35-18-13-15-20-38(35)50(40)29-11-2)36-24-21-33(31-47-36)41(51)46-27-16-30-53-48-42(52)54-43(3,4)5/h12-15,17-26,31H,10-11,16,27-30H2,1-9H3,(H-,46,48,51,52)/p+1. The maximum atomic E-state index is 13.0. The minimum atomic E-state index is -0.651. The lowest BCUT2D eigenvalue weighted by atomic mass is 9.81. The van der Waals surface area contributed by atoms with E-state index in [2.05, 4.69) is 135 Å². The van der Waals surface area contributed by atoms with Gasteiger partial charge in [0, 0.05) is 65.8 Å². The Labute approximate surface area is 321 Å². The van der Waals surface area contributed by atoms with Crippen LogP contribution in [0.5, 0.6) is 0 Å². The van der Waals surface area contributed by atoms with Gasteiger partial charge in [-0.2, -0.15) is 10.1 Å². The highest BCUT2D eigenvalue weighted by molar-refractivity contribution is 6.04. The molecule has 9 heteroatoms. The van der Waals surface area contributed by atoms with Crippen LogP contribution in [0.1, 0.15) is 109 Å². The van der Waals surface area contributed by atoms with Crippen LogP contribution in [0.25, 0.3) is 5.57 Å². The van der Waals surface area contributed by atoms with Gasteiger partial charge in [-0.3, -0.25) is 14.6 Å². The van der Waals surface area contributed by atoms with Crippen molar-refractivity contribution in [2.45, 2.75) is 98.0 Å². The van der Waals surface area contributed by atoms with Crippen LogP contribution in [0.15, 0.2) is 96.9 Å². The number of allylic oxidation sites excluding steroid dienone is 6. The van der Waals surface area contributed by atoms with E-state index in [-0.39, 0.29) is 23.3 Å². The summed E-state index contributed by atoms with van der Waals surface area (Å²) in [5.74, 6) is -0.228. The Kier molecular flexibility index (Phi) is 12.6. The molecule has 5 rings (SSSR count). The van der Waals surface area contributed by atoms with Crippen molar-refractivity contribution in [1.82, 2.24) is 15.8 Å². The number of hydroxylamine groups is 1. The fraction of sp³-hybridized carbons (Fsp3) is 0.422. The largest absolute Gasteiger partial charge is 0.442 e. The maximum absolute atomic E-state index is 13.0. The van der Waals surface area contributed by atoms with Gasteiger partial charge >= 0.3 is 6.09 Å². The van der Waals surface area contributed by atoms with Crippen LogP contribution in [-0.4, -0.2) is 59.1 Å². The molecule has 0 radical (unpaired) electrons. The van der Waals surface area contributed by atoms with Crippen molar-refractivity contribution in [1.29, 1.82) is 0 Å². The van der Waals surface area contributed by atoms with Crippen molar-refractivity contribution in [3.8, 4) is 0 Å². The van der Waals surface area contributed by atoms with Crippen molar-refractivity contribution in [3.63, 3.8) is 0 Å². The number of aromatic nitrogens is 1. The zero-order valence-electron chi connectivity index (χ0n) is 33.6. The average molecular weight is 733 g/mol. The molecule has 1 aromatic heterocycles. The molecule has 0 atom stereocenters. The molecule has 9 nitrogen and oxygen atoms in total. The van der Waals surface area contributed by atoms with Crippen molar-refractivity contribution in [3.05, 3.63) is 119 Å². The number of carbonyl (C=O) groups excluding carboxylic acids is 2. The van der Waals surface area contributed by atoms with Gasteiger partial charge in [-0.05, 0) is 83.4 Å². The molecule has 54 heavy (non-hydrogen) atoms. The van der Waals surface area contributed by atoms with E-state index in [9.17, 15) is 9.59 Å². The number of nitrogens with zero attached hydrogens (tertiary/aromatic N) is 3. The molecule has 2 N–H and O–H groups in total. The third-order valence-corrected chi connectivity index (χ3v) is 9.92. The summed E-state index contributed by atoms with van der Waals surface area (Å²) in [6.07, 6.45) is 12.4. The van der Waals surface area contributed by atoms with Crippen LogP contribution in [0, 0.1) is 0 Å².